The highest BCUT2D eigenvalue weighted by atomic mass is 16.3. The molecule has 4 atom stereocenters. The topological polar surface area (TPSA) is 163 Å². The predicted octanol–water partition coefficient (Wildman–Crippen LogP) is 3.04. The van der Waals surface area contributed by atoms with E-state index in [2.05, 4.69) is 27.3 Å². The van der Waals surface area contributed by atoms with Crippen LogP contribution in [0.3, 0.4) is 0 Å². The fourth-order valence-electron chi connectivity index (χ4n) is 5.43. The minimum Gasteiger partial charge on any atom is -0.392 e. The molecule has 7 N–H and O–H groups in total. The molecule has 10 nitrogen and oxygen atoms in total. The average molecular weight is 624 g/mol. The number of amides is 4. The van der Waals surface area contributed by atoms with Crippen LogP contribution in [-0.2, 0) is 31.3 Å². The Kier molecular flexibility index (Phi) is 11.6. The molecule has 0 aromatic heterocycles. The van der Waals surface area contributed by atoms with Crippen LogP contribution in [0.15, 0.2) is 109 Å². The summed E-state index contributed by atoms with van der Waals surface area (Å²) in [6.45, 7) is 2.80. The molecular weight excluding hydrogens is 582 g/mol. The van der Waals surface area contributed by atoms with Crippen molar-refractivity contribution in [1.29, 1.82) is 0 Å². The summed E-state index contributed by atoms with van der Waals surface area (Å²) in [4.78, 5) is 53.1. The summed E-state index contributed by atoms with van der Waals surface area (Å²) in [7, 11) is 0. The molecule has 1 unspecified atom stereocenters. The largest absolute Gasteiger partial charge is 0.392 e. The van der Waals surface area contributed by atoms with Gasteiger partial charge in [-0.15, -0.1) is 0 Å². The van der Waals surface area contributed by atoms with Crippen LogP contribution >= 0.6 is 0 Å². The maximum atomic E-state index is 14.1. The molecule has 3 aromatic rings. The van der Waals surface area contributed by atoms with E-state index in [1.54, 1.807) is 24.3 Å². The van der Waals surface area contributed by atoms with E-state index in [1.165, 1.54) is 13.8 Å². The number of carbonyl (C=O) groups excluding carboxylic acids is 4. The zero-order chi connectivity index (χ0) is 33.1. The molecule has 0 saturated carbocycles. The molecule has 46 heavy (non-hydrogen) atoms. The van der Waals surface area contributed by atoms with Gasteiger partial charge in [-0.05, 0) is 49.1 Å². The van der Waals surface area contributed by atoms with E-state index in [0.29, 0.717) is 17.7 Å². The van der Waals surface area contributed by atoms with Crippen molar-refractivity contribution in [3.63, 3.8) is 0 Å². The molecule has 240 valence electrons. The molecule has 10 heteroatoms. The predicted molar refractivity (Wildman–Crippen MR) is 177 cm³/mol. The van der Waals surface area contributed by atoms with E-state index >= 15 is 0 Å². The van der Waals surface area contributed by atoms with Gasteiger partial charge in [0.05, 0.1) is 24.6 Å². The second-order valence-electron chi connectivity index (χ2n) is 11.4. The third-order valence-corrected chi connectivity index (χ3v) is 7.92. The maximum absolute atomic E-state index is 14.1. The minimum absolute atomic E-state index is 0.158. The van der Waals surface area contributed by atoms with Crippen molar-refractivity contribution in [3.05, 3.63) is 126 Å². The van der Waals surface area contributed by atoms with Gasteiger partial charge < -0.3 is 32.1 Å². The Bertz CT molecular complexity index is 1520. The third kappa shape index (κ3) is 8.35. The Labute approximate surface area is 269 Å². The van der Waals surface area contributed by atoms with Crippen molar-refractivity contribution in [2.45, 2.75) is 57.0 Å². The van der Waals surface area contributed by atoms with Crippen LogP contribution in [0.2, 0.25) is 0 Å². The van der Waals surface area contributed by atoms with Crippen LogP contribution in [0.4, 0.5) is 5.69 Å². The van der Waals surface area contributed by atoms with Crippen molar-refractivity contribution in [3.8, 4) is 0 Å². The summed E-state index contributed by atoms with van der Waals surface area (Å²) in [5.41, 5.74) is 7.44. The van der Waals surface area contributed by atoms with E-state index in [0.717, 1.165) is 11.1 Å². The number of nitrogens with two attached hydrogens (primary N) is 1. The molecule has 3 aromatic carbocycles. The zero-order valence-electron chi connectivity index (χ0n) is 26.0. The number of hydrogen-bond donors (Lipinski definition) is 6. The molecule has 1 aliphatic carbocycles. The van der Waals surface area contributed by atoms with Gasteiger partial charge in [0.2, 0.25) is 23.6 Å². The zero-order valence-corrected chi connectivity index (χ0v) is 26.0. The second-order valence-corrected chi connectivity index (χ2v) is 11.4. The first-order chi connectivity index (χ1) is 22.1. The molecule has 0 fully saturated rings. The van der Waals surface area contributed by atoms with Gasteiger partial charge in [-0.1, -0.05) is 97.1 Å². The fraction of sp³-hybridized carbons (Fsp3) is 0.278. The van der Waals surface area contributed by atoms with Gasteiger partial charge in [0.25, 0.3) is 0 Å². The molecule has 4 rings (SSSR count). The Balaban J connectivity index is 1.66. The number of benzene rings is 3. The molecule has 4 amide bonds. The van der Waals surface area contributed by atoms with E-state index in [-0.39, 0.29) is 12.5 Å². The summed E-state index contributed by atoms with van der Waals surface area (Å²) in [5.74, 6) is -2.45. The lowest BCUT2D eigenvalue weighted by atomic mass is 9.70. The number of rotatable bonds is 13. The van der Waals surface area contributed by atoms with Crippen LogP contribution in [0.1, 0.15) is 43.4 Å². The standard InChI is InChI=1S/C36H41N5O5/c1-24(37)33(44)38-25(2)34(45)40-31(35(46)39-30-20-18-26(23-42)19-21-30)22-32(43)41-36(27-12-6-3-7-13-27,28-14-8-4-9-15-28)29-16-10-5-11-17-29/h3-16,18-21,24-25,29,31,42H,17,22-23,37H2,1-2H3,(H,38,44)(H,39,46)(H,40,45)(H,41,43)/t24-,25-,29?,31-/m0/s1. The summed E-state index contributed by atoms with van der Waals surface area (Å²) < 4.78 is 0. The molecule has 0 radical (unpaired) electrons. The van der Waals surface area contributed by atoms with E-state index in [1.807, 2.05) is 78.9 Å². The highest BCUT2D eigenvalue weighted by Crippen LogP contribution is 2.41. The van der Waals surface area contributed by atoms with Crippen molar-refractivity contribution in [2.75, 3.05) is 5.32 Å². The molecule has 0 spiro atoms. The number of allylic oxidation sites excluding steroid dienone is 3. The smallest absolute Gasteiger partial charge is 0.247 e. The number of aliphatic hydroxyl groups excluding tert-OH is 1. The van der Waals surface area contributed by atoms with Gasteiger partial charge in [-0.2, -0.15) is 0 Å². The molecular formula is C36H41N5O5. The summed E-state index contributed by atoms with van der Waals surface area (Å²) in [6, 6.07) is 22.7. The Morgan fingerprint density at radius 3 is 1.96 bits per heavy atom. The van der Waals surface area contributed by atoms with Crippen LogP contribution < -0.4 is 27.0 Å². The number of nitrogens with one attached hydrogen (secondary N) is 4. The fourth-order valence-corrected chi connectivity index (χ4v) is 5.43. The van der Waals surface area contributed by atoms with E-state index in [4.69, 9.17) is 5.73 Å². The van der Waals surface area contributed by atoms with Gasteiger partial charge in [0.1, 0.15) is 12.1 Å². The quantitative estimate of drug-likeness (QED) is 0.172. The van der Waals surface area contributed by atoms with Crippen LogP contribution in [0.25, 0.3) is 0 Å². The minimum atomic E-state index is -1.30. The highest BCUT2D eigenvalue weighted by Gasteiger charge is 2.43. The van der Waals surface area contributed by atoms with Gasteiger partial charge in [-0.25, -0.2) is 0 Å². The van der Waals surface area contributed by atoms with Gasteiger partial charge in [0, 0.05) is 11.6 Å². The third-order valence-electron chi connectivity index (χ3n) is 7.92. The van der Waals surface area contributed by atoms with Gasteiger partial charge in [0.15, 0.2) is 0 Å². The first-order valence-corrected chi connectivity index (χ1v) is 15.3. The number of carbonyl (C=O) groups is 4. The molecule has 0 bridgehead atoms. The first-order valence-electron chi connectivity index (χ1n) is 15.3. The normalized spacial score (nSPS) is 16.0. The van der Waals surface area contributed by atoms with Crippen molar-refractivity contribution < 1.29 is 24.3 Å². The van der Waals surface area contributed by atoms with Crippen molar-refractivity contribution >= 4 is 29.3 Å². The van der Waals surface area contributed by atoms with E-state index in [9.17, 15) is 24.3 Å². The Morgan fingerprint density at radius 1 is 0.826 bits per heavy atom. The SMILES string of the molecule is C[C@H](N)C(=O)N[C@@H](C)C(=O)N[C@@H](CC(=O)NC(c1ccccc1)(c1ccccc1)C1C=CC=CC1)C(=O)Nc1ccc(CO)cc1. The second kappa shape index (κ2) is 15.8. The lowest BCUT2D eigenvalue weighted by Crippen LogP contribution is -2.56. The van der Waals surface area contributed by atoms with Gasteiger partial charge in [-0.3, -0.25) is 19.2 Å². The summed E-state index contributed by atoms with van der Waals surface area (Å²) >= 11 is 0. The molecule has 1 aliphatic rings. The van der Waals surface area contributed by atoms with Crippen LogP contribution in [-0.4, -0.2) is 46.9 Å². The highest BCUT2D eigenvalue weighted by molar-refractivity contribution is 6.01. The monoisotopic (exact) mass is 623 g/mol. The van der Waals surface area contributed by atoms with Crippen LogP contribution in [0, 0.1) is 5.92 Å². The molecule has 0 aliphatic heterocycles. The summed E-state index contributed by atoms with van der Waals surface area (Å²) in [6.07, 6.45) is 8.29. The number of aliphatic hydroxyl groups is 1. The Hall–Kier alpha value is -5.06. The van der Waals surface area contributed by atoms with Crippen LogP contribution in [0.5, 0.6) is 0 Å². The van der Waals surface area contributed by atoms with E-state index < -0.39 is 53.7 Å². The average Bonchev–Trinajstić information content (AvgIpc) is 3.08. The number of hydrogen-bond acceptors (Lipinski definition) is 6. The Morgan fingerprint density at radius 2 is 1.43 bits per heavy atom. The van der Waals surface area contributed by atoms with Crippen molar-refractivity contribution in [2.24, 2.45) is 11.7 Å². The lowest BCUT2D eigenvalue weighted by Gasteiger charge is -2.42. The molecule has 0 heterocycles. The molecule has 0 saturated heterocycles. The maximum Gasteiger partial charge on any atom is 0.247 e. The van der Waals surface area contributed by atoms with Gasteiger partial charge >= 0.3 is 0 Å². The summed E-state index contributed by atoms with van der Waals surface area (Å²) in [5, 5.41) is 20.6. The lowest BCUT2D eigenvalue weighted by molar-refractivity contribution is -0.132. The number of anilines is 1. The van der Waals surface area contributed by atoms with Crippen molar-refractivity contribution in [1.82, 2.24) is 16.0 Å². The first kappa shape index (κ1) is 33.8.